The van der Waals surface area contributed by atoms with Gasteiger partial charge in [0.1, 0.15) is 4.90 Å². The van der Waals surface area contributed by atoms with Crippen molar-refractivity contribution in [1.82, 2.24) is 19.7 Å². The molecule has 4 aromatic rings. The number of sulfonamides is 1. The number of para-hydroxylation sites is 2. The molecule has 0 spiro atoms. The van der Waals surface area contributed by atoms with Gasteiger partial charge in [-0.15, -0.1) is 0 Å². The van der Waals surface area contributed by atoms with Crippen molar-refractivity contribution in [3.8, 4) is 0 Å². The molecule has 32 heavy (non-hydrogen) atoms. The maximum Gasteiger partial charge on any atom is 0.338 e. The van der Waals surface area contributed by atoms with E-state index < -0.39 is 16.0 Å². The van der Waals surface area contributed by atoms with Gasteiger partial charge in [-0.3, -0.25) is 9.40 Å². The molecule has 2 aromatic carbocycles. The smallest absolute Gasteiger partial charge is 0.338 e. The average molecular weight is 452 g/mol. The van der Waals surface area contributed by atoms with E-state index in [0.717, 1.165) is 0 Å². The van der Waals surface area contributed by atoms with Crippen LogP contribution in [-0.4, -0.2) is 40.7 Å². The highest BCUT2D eigenvalue weighted by Crippen LogP contribution is 2.27. The third kappa shape index (κ3) is 4.52. The van der Waals surface area contributed by atoms with Crippen molar-refractivity contribution < 1.29 is 17.9 Å². The number of esters is 1. The summed E-state index contributed by atoms with van der Waals surface area (Å²) in [6.07, 6.45) is 2.63. The van der Waals surface area contributed by atoms with E-state index in [9.17, 15) is 13.2 Å². The van der Waals surface area contributed by atoms with E-state index in [1.165, 1.54) is 17.1 Å². The molecule has 10 nitrogen and oxygen atoms in total. The molecule has 0 amide bonds. The summed E-state index contributed by atoms with van der Waals surface area (Å²) < 4.78 is 34.5. The minimum absolute atomic E-state index is 0.000280. The van der Waals surface area contributed by atoms with E-state index in [4.69, 9.17) is 4.74 Å². The Hall–Kier alpha value is -3.99. The molecule has 0 saturated carbocycles. The lowest BCUT2D eigenvalue weighted by Gasteiger charge is -2.13. The molecular formula is C21H20N6O4S. The average Bonchev–Trinajstić information content (AvgIpc) is 3.22. The van der Waals surface area contributed by atoms with Crippen LogP contribution in [0.15, 0.2) is 65.8 Å². The van der Waals surface area contributed by atoms with Gasteiger partial charge in [-0.25, -0.2) is 23.2 Å². The summed E-state index contributed by atoms with van der Waals surface area (Å²) in [7, 11) is -2.31. The van der Waals surface area contributed by atoms with Crippen LogP contribution in [0.25, 0.3) is 11.0 Å². The molecule has 0 fully saturated rings. The van der Waals surface area contributed by atoms with Gasteiger partial charge < -0.3 is 10.1 Å². The number of ether oxygens (including phenoxy) is 1. The lowest BCUT2D eigenvalue weighted by molar-refractivity contribution is 0.0526. The number of nitrogens with zero attached hydrogens (tertiary/aromatic N) is 4. The van der Waals surface area contributed by atoms with Gasteiger partial charge in [-0.05, 0) is 43.3 Å². The first-order valence-corrected chi connectivity index (χ1v) is 11.2. The van der Waals surface area contributed by atoms with Crippen LogP contribution in [0.5, 0.6) is 0 Å². The SMILES string of the molecule is CCOC(=O)c1ccc(Nc2nc3ccccc3nc2NS(=O)(=O)c2cnn(C)c2)cc1. The lowest BCUT2D eigenvalue weighted by Crippen LogP contribution is -2.15. The van der Waals surface area contributed by atoms with Crippen LogP contribution in [0.3, 0.4) is 0 Å². The normalized spacial score (nSPS) is 11.3. The predicted octanol–water partition coefficient (Wildman–Crippen LogP) is 3.08. The fourth-order valence-corrected chi connectivity index (χ4v) is 3.91. The van der Waals surface area contributed by atoms with Crippen molar-refractivity contribution in [3.63, 3.8) is 0 Å². The van der Waals surface area contributed by atoms with Crippen LogP contribution in [0.2, 0.25) is 0 Å². The number of fused-ring (bicyclic) bond motifs is 1. The molecule has 0 bridgehead atoms. The van der Waals surface area contributed by atoms with Crippen molar-refractivity contribution in [1.29, 1.82) is 0 Å². The first-order chi connectivity index (χ1) is 15.4. The van der Waals surface area contributed by atoms with E-state index in [2.05, 4.69) is 25.1 Å². The second-order valence-corrected chi connectivity index (χ2v) is 8.47. The number of hydrogen-bond acceptors (Lipinski definition) is 8. The largest absolute Gasteiger partial charge is 0.462 e. The van der Waals surface area contributed by atoms with Gasteiger partial charge in [0.2, 0.25) is 0 Å². The first-order valence-electron chi connectivity index (χ1n) is 9.68. The Morgan fingerprint density at radius 1 is 1.03 bits per heavy atom. The summed E-state index contributed by atoms with van der Waals surface area (Å²) >= 11 is 0. The van der Waals surface area contributed by atoms with Crippen molar-refractivity contribution in [2.24, 2.45) is 7.05 Å². The Balaban J connectivity index is 1.69. The van der Waals surface area contributed by atoms with E-state index >= 15 is 0 Å². The van der Waals surface area contributed by atoms with Gasteiger partial charge in [0.15, 0.2) is 11.6 Å². The molecule has 2 heterocycles. The number of aryl methyl sites for hydroxylation is 1. The third-order valence-electron chi connectivity index (χ3n) is 4.45. The molecular weight excluding hydrogens is 432 g/mol. The summed E-state index contributed by atoms with van der Waals surface area (Å²) in [6.45, 7) is 2.02. The van der Waals surface area contributed by atoms with Gasteiger partial charge in [0.05, 0.1) is 29.4 Å². The minimum Gasteiger partial charge on any atom is -0.462 e. The van der Waals surface area contributed by atoms with Crippen molar-refractivity contribution in [2.75, 3.05) is 16.6 Å². The topological polar surface area (TPSA) is 128 Å². The summed E-state index contributed by atoms with van der Waals surface area (Å²) in [4.78, 5) is 20.8. The number of rotatable bonds is 7. The number of nitrogens with one attached hydrogen (secondary N) is 2. The fraction of sp³-hybridized carbons (Fsp3) is 0.143. The summed E-state index contributed by atoms with van der Waals surface area (Å²) in [5.74, 6) is -0.184. The standard InChI is InChI=1S/C21H20N6O4S/c1-3-31-21(28)14-8-10-15(11-9-14)23-19-20(25-18-7-5-4-6-17(18)24-19)26-32(29,30)16-12-22-27(2)13-16/h4-13H,3H2,1-2H3,(H,23,24)(H,25,26). The summed E-state index contributed by atoms with van der Waals surface area (Å²) in [5, 5.41) is 6.98. The number of benzene rings is 2. The molecule has 4 rings (SSSR count). The highest BCUT2D eigenvalue weighted by atomic mass is 32.2. The molecule has 164 valence electrons. The maximum atomic E-state index is 12.8. The second kappa shape index (κ2) is 8.63. The van der Waals surface area contributed by atoms with Crippen LogP contribution in [0.1, 0.15) is 17.3 Å². The molecule has 0 radical (unpaired) electrons. The molecule has 0 aliphatic heterocycles. The third-order valence-corrected chi connectivity index (χ3v) is 5.75. The monoisotopic (exact) mass is 452 g/mol. The van der Waals surface area contributed by atoms with Crippen LogP contribution in [0.4, 0.5) is 17.3 Å². The summed E-state index contributed by atoms with van der Waals surface area (Å²) in [5.41, 5.74) is 2.10. The van der Waals surface area contributed by atoms with Gasteiger partial charge in [0, 0.05) is 18.9 Å². The lowest BCUT2D eigenvalue weighted by atomic mass is 10.2. The quantitative estimate of drug-likeness (QED) is 0.410. The Morgan fingerprint density at radius 3 is 2.28 bits per heavy atom. The van der Waals surface area contributed by atoms with Gasteiger partial charge in [0.25, 0.3) is 10.0 Å². The van der Waals surface area contributed by atoms with E-state index in [1.54, 1.807) is 56.4 Å². The maximum absolute atomic E-state index is 12.8. The molecule has 0 aliphatic carbocycles. The summed E-state index contributed by atoms with van der Waals surface area (Å²) in [6, 6.07) is 13.7. The Kier molecular flexibility index (Phi) is 5.73. The molecule has 0 aliphatic rings. The zero-order valence-corrected chi connectivity index (χ0v) is 18.1. The minimum atomic E-state index is -3.94. The fourth-order valence-electron chi connectivity index (χ4n) is 2.92. The van der Waals surface area contributed by atoms with Crippen LogP contribution < -0.4 is 10.0 Å². The van der Waals surface area contributed by atoms with Gasteiger partial charge >= 0.3 is 5.97 Å². The van der Waals surface area contributed by atoms with Crippen LogP contribution in [-0.2, 0) is 21.8 Å². The highest BCUT2D eigenvalue weighted by molar-refractivity contribution is 7.92. The molecule has 0 unspecified atom stereocenters. The second-order valence-electron chi connectivity index (χ2n) is 6.79. The Bertz CT molecular complexity index is 1380. The Labute approximate surface area is 184 Å². The number of carbonyl (C=O) groups excluding carboxylic acids is 1. The molecule has 0 saturated heterocycles. The number of carbonyl (C=O) groups is 1. The molecule has 11 heteroatoms. The number of hydrogen-bond donors (Lipinski definition) is 2. The zero-order chi connectivity index (χ0) is 22.7. The number of aromatic nitrogens is 4. The molecule has 2 N–H and O–H groups in total. The highest BCUT2D eigenvalue weighted by Gasteiger charge is 2.20. The van der Waals surface area contributed by atoms with Crippen molar-refractivity contribution in [3.05, 3.63) is 66.5 Å². The number of anilines is 3. The van der Waals surface area contributed by atoms with Crippen LogP contribution in [0, 0.1) is 0 Å². The van der Waals surface area contributed by atoms with E-state index in [0.29, 0.717) is 22.3 Å². The van der Waals surface area contributed by atoms with Crippen molar-refractivity contribution >= 4 is 44.3 Å². The Morgan fingerprint density at radius 2 is 1.69 bits per heavy atom. The van der Waals surface area contributed by atoms with E-state index in [1.807, 2.05) is 6.07 Å². The van der Waals surface area contributed by atoms with Gasteiger partial charge in [-0.2, -0.15) is 5.10 Å². The molecule has 0 atom stereocenters. The van der Waals surface area contributed by atoms with Crippen LogP contribution >= 0.6 is 0 Å². The van der Waals surface area contributed by atoms with Crippen molar-refractivity contribution in [2.45, 2.75) is 11.8 Å². The predicted molar refractivity (Wildman–Crippen MR) is 119 cm³/mol. The van der Waals surface area contributed by atoms with Gasteiger partial charge in [-0.1, -0.05) is 12.1 Å². The first kappa shape index (κ1) is 21.2. The van der Waals surface area contributed by atoms with E-state index in [-0.39, 0.29) is 23.1 Å². The zero-order valence-electron chi connectivity index (χ0n) is 17.3. The molecule has 2 aromatic heterocycles.